The van der Waals surface area contributed by atoms with Crippen molar-refractivity contribution in [1.82, 2.24) is 14.4 Å². The number of nitrogens with zero attached hydrogens (tertiary/aromatic N) is 3. The van der Waals surface area contributed by atoms with E-state index >= 15 is 0 Å². The maximum absolute atomic E-state index is 12.4. The van der Waals surface area contributed by atoms with Crippen molar-refractivity contribution in [3.8, 4) is 0 Å². The van der Waals surface area contributed by atoms with Gasteiger partial charge in [0.25, 0.3) is 11.5 Å². The third-order valence-corrected chi connectivity index (χ3v) is 5.85. The number of amides is 1. The zero-order valence-electron chi connectivity index (χ0n) is 14.3. The van der Waals surface area contributed by atoms with Crippen molar-refractivity contribution in [3.63, 3.8) is 0 Å². The molecule has 25 heavy (non-hydrogen) atoms. The van der Waals surface area contributed by atoms with E-state index in [2.05, 4.69) is 4.90 Å². The Bertz CT molecular complexity index is 787. The van der Waals surface area contributed by atoms with Crippen LogP contribution in [0.1, 0.15) is 28.1 Å². The molecule has 0 radical (unpaired) electrons. The van der Waals surface area contributed by atoms with Gasteiger partial charge in [0.1, 0.15) is 0 Å². The van der Waals surface area contributed by atoms with Crippen molar-refractivity contribution in [2.45, 2.75) is 25.9 Å². The van der Waals surface area contributed by atoms with Gasteiger partial charge in [-0.3, -0.25) is 14.5 Å². The summed E-state index contributed by atoms with van der Waals surface area (Å²) in [6, 6.07) is 7.44. The average Bonchev–Trinajstić information content (AvgIpc) is 3.27. The van der Waals surface area contributed by atoms with Gasteiger partial charge in [-0.25, -0.2) is 0 Å². The molecule has 5 nitrogen and oxygen atoms in total. The highest BCUT2D eigenvalue weighted by Crippen LogP contribution is 2.30. The highest BCUT2D eigenvalue weighted by molar-refractivity contribution is 7.12. The predicted octanol–water partition coefficient (Wildman–Crippen LogP) is 2.28. The molecule has 2 aromatic heterocycles. The summed E-state index contributed by atoms with van der Waals surface area (Å²) in [4.78, 5) is 29.5. The number of hydrogen-bond donors (Lipinski definition) is 0. The Balaban J connectivity index is 1.34. The Labute approximate surface area is 151 Å². The molecular formula is C19H23N3O2S. The van der Waals surface area contributed by atoms with Crippen molar-refractivity contribution in [1.29, 1.82) is 0 Å². The summed E-state index contributed by atoms with van der Waals surface area (Å²) < 4.78 is 1.86. The third kappa shape index (κ3) is 4.02. The molecule has 2 aliphatic rings. The fraction of sp³-hybridized carbons (Fsp3) is 0.474. The van der Waals surface area contributed by atoms with Crippen LogP contribution >= 0.6 is 11.3 Å². The molecule has 2 fully saturated rings. The van der Waals surface area contributed by atoms with E-state index in [1.54, 1.807) is 6.07 Å². The molecule has 3 heterocycles. The summed E-state index contributed by atoms with van der Waals surface area (Å²) in [5.41, 5.74) is 1.28. The van der Waals surface area contributed by atoms with E-state index in [0.717, 1.165) is 44.1 Å². The molecule has 1 aliphatic carbocycles. The summed E-state index contributed by atoms with van der Waals surface area (Å²) in [7, 11) is 0. The lowest BCUT2D eigenvalue weighted by atomic mass is 10.2. The minimum absolute atomic E-state index is 0.0991. The van der Waals surface area contributed by atoms with Crippen LogP contribution in [0.5, 0.6) is 0 Å². The van der Waals surface area contributed by atoms with Crippen LogP contribution in [0.4, 0.5) is 0 Å². The summed E-state index contributed by atoms with van der Waals surface area (Å²) in [6.07, 6.45) is 4.51. The maximum atomic E-state index is 12.4. The highest BCUT2D eigenvalue weighted by atomic mass is 32.1. The molecule has 0 bridgehead atoms. The van der Waals surface area contributed by atoms with E-state index < -0.39 is 0 Å². The molecule has 2 aromatic rings. The Morgan fingerprint density at radius 3 is 2.60 bits per heavy atom. The maximum Gasteiger partial charge on any atom is 0.264 e. The van der Waals surface area contributed by atoms with Crippen molar-refractivity contribution in [3.05, 3.63) is 56.6 Å². The lowest BCUT2D eigenvalue weighted by Gasteiger charge is -2.34. The van der Waals surface area contributed by atoms with Crippen LogP contribution in [-0.2, 0) is 13.1 Å². The summed E-state index contributed by atoms with van der Waals surface area (Å²) in [6.45, 7) is 4.97. The molecule has 0 atom stereocenters. The molecular weight excluding hydrogens is 334 g/mol. The second kappa shape index (κ2) is 7.14. The van der Waals surface area contributed by atoms with Gasteiger partial charge in [0.05, 0.1) is 4.88 Å². The lowest BCUT2D eigenvalue weighted by molar-refractivity contribution is 0.0633. The first-order chi connectivity index (χ1) is 12.2. The Morgan fingerprint density at radius 2 is 1.92 bits per heavy atom. The highest BCUT2D eigenvalue weighted by Gasteiger charge is 2.24. The van der Waals surface area contributed by atoms with Crippen LogP contribution in [0.25, 0.3) is 0 Å². The molecule has 1 aliphatic heterocycles. The minimum Gasteiger partial charge on any atom is -0.335 e. The van der Waals surface area contributed by atoms with Gasteiger partial charge in [0, 0.05) is 51.5 Å². The van der Waals surface area contributed by atoms with Crippen LogP contribution in [0.15, 0.2) is 40.6 Å². The van der Waals surface area contributed by atoms with E-state index in [1.807, 2.05) is 39.2 Å². The standard InChI is InChI=1S/C19H23N3O2S/c23-18-6-5-16(14-22(18)13-15-3-4-15)12-20-7-9-21(10-8-20)19(24)17-2-1-11-25-17/h1-2,5-6,11,14-15H,3-4,7-10,12-13H2. The second-order valence-corrected chi connectivity index (χ2v) is 7.96. The first-order valence-electron chi connectivity index (χ1n) is 8.93. The molecule has 0 spiro atoms. The van der Waals surface area contributed by atoms with Gasteiger partial charge in [-0.2, -0.15) is 0 Å². The Kier molecular flexibility index (Phi) is 4.72. The number of hydrogen-bond acceptors (Lipinski definition) is 4. The van der Waals surface area contributed by atoms with Crippen molar-refractivity contribution in [2.24, 2.45) is 5.92 Å². The molecule has 1 amide bonds. The zero-order valence-corrected chi connectivity index (χ0v) is 15.1. The molecule has 1 saturated heterocycles. The van der Waals surface area contributed by atoms with Crippen molar-refractivity contribution < 1.29 is 4.79 Å². The Hall–Kier alpha value is -1.92. The van der Waals surface area contributed by atoms with E-state index in [0.29, 0.717) is 5.92 Å². The normalized spacial score (nSPS) is 18.5. The quantitative estimate of drug-likeness (QED) is 0.825. The summed E-state index contributed by atoms with van der Waals surface area (Å²) in [5, 5.41) is 1.94. The van der Waals surface area contributed by atoms with Crippen LogP contribution < -0.4 is 5.56 Å². The molecule has 132 valence electrons. The minimum atomic E-state index is 0.0991. The molecule has 1 saturated carbocycles. The topological polar surface area (TPSA) is 45.6 Å². The van der Waals surface area contributed by atoms with Gasteiger partial charge >= 0.3 is 0 Å². The smallest absolute Gasteiger partial charge is 0.264 e. The van der Waals surface area contributed by atoms with Crippen molar-refractivity contribution in [2.75, 3.05) is 26.2 Å². The lowest BCUT2D eigenvalue weighted by Crippen LogP contribution is -2.48. The number of rotatable bonds is 5. The third-order valence-electron chi connectivity index (χ3n) is 4.99. The van der Waals surface area contributed by atoms with Gasteiger partial charge in [-0.05, 0) is 35.8 Å². The SMILES string of the molecule is O=C(c1cccs1)N1CCN(Cc2ccc(=O)n(CC3CC3)c2)CC1. The molecule has 0 aromatic carbocycles. The van der Waals surface area contributed by atoms with E-state index in [1.165, 1.54) is 29.7 Å². The van der Waals surface area contributed by atoms with Crippen LogP contribution in [0, 0.1) is 5.92 Å². The van der Waals surface area contributed by atoms with Gasteiger partial charge in [0.15, 0.2) is 0 Å². The molecule has 0 unspecified atom stereocenters. The zero-order chi connectivity index (χ0) is 17.2. The van der Waals surface area contributed by atoms with E-state index in [-0.39, 0.29) is 11.5 Å². The van der Waals surface area contributed by atoms with Gasteiger partial charge in [-0.1, -0.05) is 12.1 Å². The largest absolute Gasteiger partial charge is 0.335 e. The van der Waals surface area contributed by atoms with Crippen LogP contribution in [-0.4, -0.2) is 46.5 Å². The van der Waals surface area contributed by atoms with E-state index in [9.17, 15) is 9.59 Å². The van der Waals surface area contributed by atoms with Crippen LogP contribution in [0.2, 0.25) is 0 Å². The van der Waals surface area contributed by atoms with Crippen molar-refractivity contribution >= 4 is 17.2 Å². The fourth-order valence-corrected chi connectivity index (χ4v) is 4.01. The Morgan fingerprint density at radius 1 is 1.12 bits per heavy atom. The molecule has 4 rings (SSSR count). The first kappa shape index (κ1) is 16.5. The number of aromatic nitrogens is 1. The summed E-state index contributed by atoms with van der Waals surface area (Å²) >= 11 is 1.50. The van der Waals surface area contributed by atoms with Gasteiger partial charge < -0.3 is 9.47 Å². The second-order valence-electron chi connectivity index (χ2n) is 7.02. The first-order valence-corrected chi connectivity index (χ1v) is 9.81. The predicted molar refractivity (Wildman–Crippen MR) is 98.9 cm³/mol. The molecule has 0 N–H and O–H groups in total. The number of carbonyl (C=O) groups excluding carboxylic acids is 1. The number of pyridine rings is 1. The van der Waals surface area contributed by atoms with E-state index in [4.69, 9.17) is 0 Å². The number of thiophene rings is 1. The summed E-state index contributed by atoms with van der Waals surface area (Å²) in [5.74, 6) is 0.840. The molecule has 6 heteroatoms. The van der Waals surface area contributed by atoms with Crippen LogP contribution in [0.3, 0.4) is 0 Å². The number of carbonyl (C=O) groups is 1. The fourth-order valence-electron chi connectivity index (χ4n) is 3.32. The monoisotopic (exact) mass is 357 g/mol. The average molecular weight is 357 g/mol. The van der Waals surface area contributed by atoms with Gasteiger partial charge in [-0.15, -0.1) is 11.3 Å². The number of piperazine rings is 1. The van der Waals surface area contributed by atoms with Gasteiger partial charge in [0.2, 0.25) is 0 Å².